The second kappa shape index (κ2) is 28.9. The van der Waals surface area contributed by atoms with Gasteiger partial charge in [0.25, 0.3) is 6.85 Å². The van der Waals surface area contributed by atoms with Crippen molar-refractivity contribution in [2.45, 2.75) is 207 Å². The summed E-state index contributed by atoms with van der Waals surface area (Å²) in [6, 6.07) is 0. The van der Waals surface area contributed by atoms with Crippen molar-refractivity contribution in [2.24, 2.45) is 0 Å². The summed E-state index contributed by atoms with van der Waals surface area (Å²) in [5.74, 6) is 2.53. The van der Waals surface area contributed by atoms with Crippen molar-refractivity contribution in [1.82, 2.24) is 4.81 Å². The van der Waals surface area contributed by atoms with Gasteiger partial charge in [-0.3, -0.25) is 0 Å². The first-order valence-corrected chi connectivity index (χ1v) is 18.5. The summed E-state index contributed by atoms with van der Waals surface area (Å²) in [5, 5.41) is 0. The molecule has 0 aromatic carbocycles. The minimum atomic E-state index is 0.655. The molecule has 0 aromatic rings. The number of allylic oxidation sites excluding steroid dienone is 3. The highest BCUT2D eigenvalue weighted by atomic mass is 15.1. The highest BCUT2D eigenvalue weighted by molar-refractivity contribution is 6.62. The van der Waals surface area contributed by atoms with E-state index < -0.39 is 0 Å². The highest BCUT2D eigenvalue weighted by Crippen LogP contribution is 2.25. The molecule has 0 fully saturated rings. The lowest BCUT2D eigenvalue weighted by Crippen LogP contribution is -2.39. The first-order valence-electron chi connectivity index (χ1n) is 18.5. The second-order valence-corrected chi connectivity index (χ2v) is 12.8. The van der Waals surface area contributed by atoms with Crippen molar-refractivity contribution >= 4 is 6.85 Å². The van der Waals surface area contributed by atoms with Gasteiger partial charge in [-0.05, 0) is 31.7 Å². The highest BCUT2D eigenvalue weighted by Gasteiger charge is 2.24. The summed E-state index contributed by atoms with van der Waals surface area (Å²) >= 11 is 0. The van der Waals surface area contributed by atoms with Crippen LogP contribution in [0.3, 0.4) is 0 Å². The summed E-state index contributed by atoms with van der Waals surface area (Å²) < 4.78 is 0. The van der Waals surface area contributed by atoms with E-state index in [1.165, 1.54) is 193 Å². The minimum absolute atomic E-state index is 0.655. The van der Waals surface area contributed by atoms with Crippen molar-refractivity contribution in [1.29, 1.82) is 0 Å². The van der Waals surface area contributed by atoms with Crippen LogP contribution < -0.4 is 0 Å². The lowest BCUT2D eigenvalue weighted by Gasteiger charge is -2.35. The first-order chi connectivity index (χ1) is 19.3. The lowest BCUT2D eigenvalue weighted by atomic mass is 9.54. The fraction of sp³-hybridized carbons (Fsp3) is 0.892. The van der Waals surface area contributed by atoms with E-state index in [0.29, 0.717) is 6.85 Å². The molecule has 1 heterocycles. The van der Waals surface area contributed by atoms with E-state index in [4.69, 9.17) is 0 Å². The summed E-state index contributed by atoms with van der Waals surface area (Å²) in [5.41, 5.74) is 1.65. The van der Waals surface area contributed by atoms with Crippen molar-refractivity contribution in [2.75, 3.05) is 6.54 Å². The van der Waals surface area contributed by atoms with Gasteiger partial charge in [-0.1, -0.05) is 193 Å². The predicted octanol–water partition coefficient (Wildman–Crippen LogP) is 13.3. The third-order valence-electron chi connectivity index (χ3n) is 9.03. The molecule has 0 saturated heterocycles. The monoisotopic (exact) mass is 542 g/mol. The summed E-state index contributed by atoms with van der Waals surface area (Å²) in [7, 11) is 0. The molecular formula is C37H72BN. The molecule has 0 atom stereocenters. The van der Waals surface area contributed by atoms with E-state index in [9.17, 15) is 0 Å². The molecule has 0 saturated carbocycles. The van der Waals surface area contributed by atoms with E-state index >= 15 is 0 Å². The zero-order valence-corrected chi connectivity index (χ0v) is 27.5. The van der Waals surface area contributed by atoms with Gasteiger partial charge in [0.1, 0.15) is 0 Å². The number of unbranched alkanes of at least 4 members (excludes halogenated alkanes) is 24. The normalized spacial score (nSPS) is 13.5. The third kappa shape index (κ3) is 21.7. The van der Waals surface area contributed by atoms with E-state index in [2.05, 4.69) is 43.7 Å². The smallest absolute Gasteiger partial charge is 0.280 e. The number of rotatable bonds is 30. The Balaban J connectivity index is 2.35. The standard InChI is InChI=1S/C37H72BN/c1-4-7-10-13-16-19-22-25-28-32-37-33-31-35-38(34-29-26-23-20-17-14-11-8-5-2)39(37)36-30-27-24-21-18-15-12-9-6-3/h31,33,35H,4-30,32,34,36H2,1-3H3. The molecular weight excluding hydrogens is 469 g/mol. The summed E-state index contributed by atoms with van der Waals surface area (Å²) in [6.07, 6.45) is 46.1. The molecule has 228 valence electrons. The van der Waals surface area contributed by atoms with Crippen molar-refractivity contribution in [3.05, 3.63) is 23.8 Å². The average molecular weight is 542 g/mol. The van der Waals surface area contributed by atoms with E-state index in [1.54, 1.807) is 5.70 Å². The number of hydrogen-bond donors (Lipinski definition) is 0. The largest absolute Gasteiger partial charge is 0.414 e. The van der Waals surface area contributed by atoms with Gasteiger partial charge in [0.05, 0.1) is 0 Å². The van der Waals surface area contributed by atoms with Gasteiger partial charge in [-0.15, -0.1) is 0 Å². The molecule has 0 aliphatic carbocycles. The average Bonchev–Trinajstić information content (AvgIpc) is 2.95. The number of nitrogens with zero attached hydrogens (tertiary/aromatic N) is 1. The van der Waals surface area contributed by atoms with Gasteiger partial charge >= 0.3 is 0 Å². The molecule has 0 spiro atoms. The van der Waals surface area contributed by atoms with Crippen LogP contribution in [0.1, 0.15) is 201 Å². The van der Waals surface area contributed by atoms with Crippen molar-refractivity contribution < 1.29 is 0 Å². The first kappa shape index (κ1) is 36.4. The van der Waals surface area contributed by atoms with Gasteiger partial charge in [0, 0.05) is 12.2 Å². The Hall–Kier alpha value is -0.655. The maximum absolute atomic E-state index is 2.84. The Morgan fingerprint density at radius 2 is 0.846 bits per heavy atom. The van der Waals surface area contributed by atoms with Gasteiger partial charge in [-0.25, -0.2) is 0 Å². The van der Waals surface area contributed by atoms with Gasteiger partial charge in [0.15, 0.2) is 0 Å². The van der Waals surface area contributed by atoms with Crippen LogP contribution in [-0.4, -0.2) is 18.2 Å². The Labute approximate surface area is 248 Å². The maximum Gasteiger partial charge on any atom is 0.280 e. The molecule has 0 radical (unpaired) electrons. The SMILES string of the molecule is CCCCCCCCCCCB1C=CC=C(CCCCCCCCCCC)N1CCCCCCCCCCC. The topological polar surface area (TPSA) is 3.24 Å². The zero-order chi connectivity index (χ0) is 28.1. The maximum atomic E-state index is 2.84. The lowest BCUT2D eigenvalue weighted by molar-refractivity contribution is 0.454. The van der Waals surface area contributed by atoms with Crippen LogP contribution in [0.5, 0.6) is 0 Å². The third-order valence-corrected chi connectivity index (χ3v) is 9.03. The van der Waals surface area contributed by atoms with Crippen LogP contribution in [0.4, 0.5) is 0 Å². The molecule has 0 bridgehead atoms. The van der Waals surface area contributed by atoms with Gasteiger partial charge in [0.2, 0.25) is 0 Å². The van der Waals surface area contributed by atoms with Gasteiger partial charge in [-0.2, -0.15) is 0 Å². The van der Waals surface area contributed by atoms with Crippen LogP contribution in [0.15, 0.2) is 23.8 Å². The molecule has 1 rings (SSSR count). The second-order valence-electron chi connectivity index (χ2n) is 12.8. The van der Waals surface area contributed by atoms with E-state index in [1.807, 2.05) is 0 Å². The molecule has 0 amide bonds. The number of hydrogen-bond acceptors (Lipinski definition) is 1. The molecule has 1 nitrogen and oxygen atoms in total. The Kier molecular flexibility index (Phi) is 26.9. The van der Waals surface area contributed by atoms with Crippen LogP contribution >= 0.6 is 0 Å². The van der Waals surface area contributed by atoms with Crippen LogP contribution in [-0.2, 0) is 0 Å². The van der Waals surface area contributed by atoms with Crippen molar-refractivity contribution in [3.63, 3.8) is 0 Å². The Bertz CT molecular complexity index is 554. The Morgan fingerprint density at radius 1 is 0.462 bits per heavy atom. The quantitative estimate of drug-likeness (QED) is 0.0645. The van der Waals surface area contributed by atoms with Crippen LogP contribution in [0, 0.1) is 0 Å². The molecule has 1 aliphatic heterocycles. The van der Waals surface area contributed by atoms with Gasteiger partial charge < -0.3 is 4.81 Å². The van der Waals surface area contributed by atoms with Crippen LogP contribution in [0.25, 0.3) is 0 Å². The fourth-order valence-electron chi connectivity index (χ4n) is 6.37. The summed E-state index contributed by atoms with van der Waals surface area (Å²) in [6.45, 7) is 8.88. The van der Waals surface area contributed by atoms with E-state index in [-0.39, 0.29) is 0 Å². The predicted molar refractivity (Wildman–Crippen MR) is 181 cm³/mol. The molecule has 0 aromatic heterocycles. The fourth-order valence-corrected chi connectivity index (χ4v) is 6.37. The molecule has 39 heavy (non-hydrogen) atoms. The zero-order valence-electron chi connectivity index (χ0n) is 27.5. The Morgan fingerprint density at radius 3 is 1.31 bits per heavy atom. The summed E-state index contributed by atoms with van der Waals surface area (Å²) in [4.78, 5) is 2.84. The molecule has 0 unspecified atom stereocenters. The van der Waals surface area contributed by atoms with Crippen molar-refractivity contribution in [3.8, 4) is 0 Å². The molecule has 2 heteroatoms. The minimum Gasteiger partial charge on any atom is -0.414 e. The molecule has 1 aliphatic rings. The van der Waals surface area contributed by atoms with E-state index in [0.717, 1.165) is 0 Å². The van der Waals surface area contributed by atoms with Crippen LogP contribution in [0.2, 0.25) is 6.32 Å². The molecule has 0 N–H and O–H groups in total.